The van der Waals surface area contributed by atoms with Gasteiger partial charge >= 0.3 is 0 Å². The molecule has 1 aliphatic heterocycles. The lowest BCUT2D eigenvalue weighted by molar-refractivity contribution is 0.447. The molecule has 0 amide bonds. The fraction of sp³-hybridized carbons (Fsp3) is 0.250. The first-order chi connectivity index (χ1) is 6.12. The summed E-state index contributed by atoms with van der Waals surface area (Å²) in [6.07, 6.45) is 1.28. The van der Waals surface area contributed by atoms with Crippen LogP contribution in [-0.4, -0.2) is 20.8 Å². The van der Waals surface area contributed by atoms with Crippen LogP contribution in [0, 0.1) is 0 Å². The molecule has 13 heavy (non-hydrogen) atoms. The second-order valence-corrected chi connectivity index (χ2v) is 2.46. The van der Waals surface area contributed by atoms with Crippen molar-refractivity contribution in [2.75, 3.05) is 5.84 Å². The average molecular weight is 181 g/mol. The molecule has 2 heterocycles. The van der Waals surface area contributed by atoms with Gasteiger partial charge in [0.15, 0.2) is 0 Å². The van der Waals surface area contributed by atoms with E-state index in [4.69, 9.17) is 17.3 Å². The van der Waals surface area contributed by atoms with Crippen molar-refractivity contribution in [3.05, 3.63) is 12.2 Å². The van der Waals surface area contributed by atoms with Crippen molar-refractivity contribution in [3.63, 3.8) is 0 Å². The number of aromatic nitrogens is 3. The van der Waals surface area contributed by atoms with Gasteiger partial charge in [0.05, 0.1) is 0 Å². The highest BCUT2D eigenvalue weighted by Crippen LogP contribution is 2.22. The molecule has 1 atom stereocenters. The van der Waals surface area contributed by atoms with Crippen molar-refractivity contribution in [2.24, 2.45) is 26.7 Å². The first-order valence-electron chi connectivity index (χ1n) is 3.34. The largest absolute Gasteiger partial charge is 0.367 e. The minimum atomic E-state index is -1.44. The van der Waals surface area contributed by atoms with Gasteiger partial charge < -0.3 is 11.6 Å². The van der Waals surface area contributed by atoms with Gasteiger partial charge in [0, 0.05) is 0 Å². The van der Waals surface area contributed by atoms with E-state index in [1.807, 2.05) is 0 Å². The van der Waals surface area contributed by atoms with Gasteiger partial charge in [-0.1, -0.05) is 0 Å². The summed E-state index contributed by atoms with van der Waals surface area (Å²) in [7, 11) is 0. The van der Waals surface area contributed by atoms with Gasteiger partial charge in [-0.2, -0.15) is 4.99 Å². The predicted octanol–water partition coefficient (Wildman–Crippen LogP) is -2.16. The number of nitrogens with two attached hydrogens (primary N) is 3. The van der Waals surface area contributed by atoms with E-state index in [-0.39, 0.29) is 11.8 Å². The molecule has 9 heteroatoms. The zero-order chi connectivity index (χ0) is 9.47. The van der Waals surface area contributed by atoms with E-state index >= 15 is 0 Å². The Balaban J connectivity index is 2.48. The third kappa shape index (κ3) is 1.02. The van der Waals surface area contributed by atoms with Gasteiger partial charge in [-0.15, -0.1) is 20.4 Å². The molecule has 1 aromatic rings. The molecule has 0 bridgehead atoms. The molecule has 0 saturated heterocycles. The van der Waals surface area contributed by atoms with Crippen LogP contribution in [0.2, 0.25) is 0 Å². The van der Waals surface area contributed by atoms with Gasteiger partial charge in [0.2, 0.25) is 11.8 Å². The van der Waals surface area contributed by atoms with Crippen LogP contribution in [0.1, 0.15) is 5.82 Å². The average Bonchev–Trinajstić information content (AvgIpc) is 2.59. The minimum Gasteiger partial charge on any atom is -0.367 e. The normalized spacial score (nSPS) is 26.4. The lowest BCUT2D eigenvalue weighted by atomic mass is 10.4. The molecule has 68 valence electrons. The van der Waals surface area contributed by atoms with E-state index in [1.165, 1.54) is 6.33 Å². The zero-order valence-corrected chi connectivity index (χ0v) is 6.49. The van der Waals surface area contributed by atoms with E-state index in [0.717, 1.165) is 4.68 Å². The SMILES string of the molecule is NC1=NC(N)(c2nncn2N)N=N1. The molecule has 0 aliphatic carbocycles. The van der Waals surface area contributed by atoms with Crippen LogP contribution in [0.15, 0.2) is 21.5 Å². The molecule has 1 aliphatic rings. The fourth-order valence-corrected chi connectivity index (χ4v) is 0.948. The Labute approximate surface area is 72.3 Å². The van der Waals surface area contributed by atoms with E-state index < -0.39 is 5.79 Å². The van der Waals surface area contributed by atoms with Crippen LogP contribution in [0.5, 0.6) is 0 Å². The van der Waals surface area contributed by atoms with Crippen LogP contribution in [-0.2, 0) is 5.79 Å². The van der Waals surface area contributed by atoms with Crippen LogP contribution < -0.4 is 17.3 Å². The highest BCUT2D eigenvalue weighted by molar-refractivity contribution is 5.79. The molecule has 0 radical (unpaired) electrons. The quantitative estimate of drug-likeness (QED) is 0.422. The van der Waals surface area contributed by atoms with Crippen molar-refractivity contribution in [1.82, 2.24) is 14.9 Å². The zero-order valence-electron chi connectivity index (χ0n) is 6.49. The molecule has 0 saturated carbocycles. The fourth-order valence-electron chi connectivity index (χ4n) is 0.948. The Bertz CT molecular complexity index is 388. The standard InChI is InChI=1S/C4H7N9/c5-3-9-4(6,12-11-3)2-10-8-1-13(2)7/h1H,6-7H2,(H2,5,9). The molecule has 1 unspecified atom stereocenters. The molecular formula is C4H7N9. The number of azo groups is 1. The van der Waals surface area contributed by atoms with Gasteiger partial charge in [0.1, 0.15) is 6.33 Å². The summed E-state index contributed by atoms with van der Waals surface area (Å²) in [5.74, 6) is 4.18. The number of hydrogen-bond acceptors (Lipinski definition) is 8. The van der Waals surface area contributed by atoms with Gasteiger partial charge in [0.25, 0.3) is 5.79 Å². The monoisotopic (exact) mass is 181 g/mol. The summed E-state index contributed by atoms with van der Waals surface area (Å²) in [5, 5.41) is 14.3. The molecule has 0 spiro atoms. The Morgan fingerprint density at radius 1 is 1.46 bits per heavy atom. The molecule has 0 aromatic carbocycles. The molecule has 2 rings (SSSR count). The number of guanidine groups is 1. The molecule has 0 fully saturated rings. The van der Waals surface area contributed by atoms with Crippen molar-refractivity contribution in [3.8, 4) is 0 Å². The summed E-state index contributed by atoms with van der Waals surface area (Å²) in [5.41, 5.74) is 11.0. The second kappa shape index (κ2) is 2.23. The second-order valence-electron chi connectivity index (χ2n) is 2.46. The number of aliphatic imine (C=N–C) groups is 1. The summed E-state index contributed by atoms with van der Waals surface area (Å²) >= 11 is 0. The van der Waals surface area contributed by atoms with Gasteiger partial charge in [-0.05, 0) is 0 Å². The first-order valence-corrected chi connectivity index (χ1v) is 3.34. The van der Waals surface area contributed by atoms with Crippen LogP contribution in [0.4, 0.5) is 0 Å². The number of nitrogens with zero attached hydrogens (tertiary/aromatic N) is 6. The predicted molar refractivity (Wildman–Crippen MR) is 42.5 cm³/mol. The molecule has 6 N–H and O–H groups in total. The minimum absolute atomic E-state index is 0.00880. The van der Waals surface area contributed by atoms with E-state index in [1.54, 1.807) is 0 Å². The molecular weight excluding hydrogens is 174 g/mol. The summed E-state index contributed by atoms with van der Waals surface area (Å²) in [6, 6.07) is 0. The molecule has 9 nitrogen and oxygen atoms in total. The van der Waals surface area contributed by atoms with Crippen LogP contribution >= 0.6 is 0 Å². The summed E-state index contributed by atoms with van der Waals surface area (Å²) in [4.78, 5) is 3.76. The number of rotatable bonds is 1. The molecule has 1 aromatic heterocycles. The lowest BCUT2D eigenvalue weighted by Crippen LogP contribution is -2.36. The topological polar surface area (TPSA) is 146 Å². The number of nitrogen functional groups attached to an aromatic ring is 1. The Hall–Kier alpha value is -2.03. The van der Waals surface area contributed by atoms with Crippen molar-refractivity contribution in [2.45, 2.75) is 5.79 Å². The third-order valence-electron chi connectivity index (χ3n) is 1.49. The lowest BCUT2D eigenvalue weighted by Gasteiger charge is -2.12. The van der Waals surface area contributed by atoms with Crippen molar-refractivity contribution in [1.29, 1.82) is 0 Å². The van der Waals surface area contributed by atoms with Crippen molar-refractivity contribution < 1.29 is 0 Å². The number of hydrogen-bond donors (Lipinski definition) is 3. The van der Waals surface area contributed by atoms with Crippen LogP contribution in [0.3, 0.4) is 0 Å². The maximum atomic E-state index is 5.68. The highest BCUT2D eigenvalue weighted by atomic mass is 15.5. The maximum Gasteiger partial charge on any atom is 0.288 e. The van der Waals surface area contributed by atoms with Crippen molar-refractivity contribution >= 4 is 5.96 Å². The van der Waals surface area contributed by atoms with Crippen LogP contribution in [0.25, 0.3) is 0 Å². The van der Waals surface area contributed by atoms with Gasteiger partial charge in [-0.3, -0.25) is 5.73 Å². The van der Waals surface area contributed by atoms with E-state index in [9.17, 15) is 0 Å². The Morgan fingerprint density at radius 3 is 2.69 bits per heavy atom. The summed E-state index contributed by atoms with van der Waals surface area (Å²) in [6.45, 7) is 0. The highest BCUT2D eigenvalue weighted by Gasteiger charge is 2.36. The van der Waals surface area contributed by atoms with E-state index in [2.05, 4.69) is 25.4 Å². The Kier molecular flexibility index (Phi) is 1.31. The van der Waals surface area contributed by atoms with Gasteiger partial charge in [-0.25, -0.2) is 4.68 Å². The smallest absolute Gasteiger partial charge is 0.288 e. The Morgan fingerprint density at radius 2 is 2.23 bits per heavy atom. The maximum absolute atomic E-state index is 5.68. The third-order valence-corrected chi connectivity index (χ3v) is 1.49. The van der Waals surface area contributed by atoms with E-state index in [0.29, 0.717) is 0 Å². The first kappa shape index (κ1) is 7.61. The summed E-state index contributed by atoms with van der Waals surface area (Å²) < 4.78 is 1.11.